The first-order chi connectivity index (χ1) is 13.6. The Morgan fingerprint density at radius 1 is 1.00 bits per heavy atom. The zero-order chi connectivity index (χ0) is 19.5. The van der Waals surface area contributed by atoms with Gasteiger partial charge in [0.15, 0.2) is 11.8 Å². The van der Waals surface area contributed by atoms with Crippen LogP contribution in [0.2, 0.25) is 0 Å². The molecule has 2 aromatic carbocycles. The molecule has 0 saturated carbocycles. The van der Waals surface area contributed by atoms with Crippen LogP contribution in [0.1, 0.15) is 17.4 Å². The summed E-state index contributed by atoms with van der Waals surface area (Å²) < 4.78 is 5.40. The van der Waals surface area contributed by atoms with Crippen LogP contribution in [-0.4, -0.2) is 59.3 Å². The number of esters is 1. The molecule has 1 aliphatic rings. The quantitative estimate of drug-likeness (QED) is 0.706. The second kappa shape index (κ2) is 7.72. The van der Waals surface area contributed by atoms with Gasteiger partial charge in [0.25, 0.3) is 5.91 Å². The van der Waals surface area contributed by atoms with Gasteiger partial charge in [0.05, 0.1) is 5.52 Å². The highest BCUT2D eigenvalue weighted by Gasteiger charge is 2.28. The van der Waals surface area contributed by atoms with Gasteiger partial charge in [0.2, 0.25) is 0 Å². The van der Waals surface area contributed by atoms with E-state index in [0.29, 0.717) is 18.5 Å². The molecule has 1 saturated heterocycles. The first-order valence-corrected chi connectivity index (χ1v) is 9.36. The molecule has 0 bridgehead atoms. The highest BCUT2D eigenvalue weighted by molar-refractivity contribution is 6.02. The number of rotatable bonds is 4. The van der Waals surface area contributed by atoms with Crippen molar-refractivity contribution in [1.82, 2.24) is 15.1 Å². The van der Waals surface area contributed by atoms with Crippen LogP contribution in [0.5, 0.6) is 0 Å². The van der Waals surface area contributed by atoms with Gasteiger partial charge in [-0.2, -0.15) is 5.10 Å². The Hall–Kier alpha value is -3.35. The van der Waals surface area contributed by atoms with Gasteiger partial charge in [-0.25, -0.2) is 4.79 Å². The van der Waals surface area contributed by atoms with Crippen molar-refractivity contribution in [3.05, 3.63) is 60.3 Å². The highest BCUT2D eigenvalue weighted by atomic mass is 16.5. The van der Waals surface area contributed by atoms with Crippen molar-refractivity contribution in [2.75, 3.05) is 31.1 Å². The van der Waals surface area contributed by atoms with E-state index in [1.807, 2.05) is 36.4 Å². The average molecular weight is 378 g/mol. The minimum Gasteiger partial charge on any atom is -0.448 e. The second-order valence-electron chi connectivity index (χ2n) is 6.81. The van der Waals surface area contributed by atoms with E-state index in [2.05, 4.69) is 27.2 Å². The molecular formula is C21H22N4O3. The smallest absolute Gasteiger partial charge is 0.360 e. The van der Waals surface area contributed by atoms with Crippen molar-refractivity contribution in [2.45, 2.75) is 13.0 Å². The number of piperazine rings is 1. The fourth-order valence-electron chi connectivity index (χ4n) is 3.47. The topological polar surface area (TPSA) is 78.5 Å². The van der Waals surface area contributed by atoms with Crippen LogP contribution < -0.4 is 4.90 Å². The van der Waals surface area contributed by atoms with E-state index >= 15 is 0 Å². The molecule has 0 spiro atoms. The minimum atomic E-state index is -0.855. The molecule has 28 heavy (non-hydrogen) atoms. The van der Waals surface area contributed by atoms with Crippen molar-refractivity contribution in [3.63, 3.8) is 0 Å². The number of hydrogen-bond donors (Lipinski definition) is 1. The number of nitrogens with zero attached hydrogens (tertiary/aromatic N) is 3. The fourth-order valence-corrected chi connectivity index (χ4v) is 3.47. The SMILES string of the molecule is CC(OC(=O)c1n[nH]c2ccccc12)C(=O)N1CCN(c2ccccc2)CC1. The molecule has 1 amide bonds. The lowest BCUT2D eigenvalue weighted by molar-refractivity contribution is -0.140. The maximum absolute atomic E-state index is 12.7. The normalized spacial score (nSPS) is 15.5. The molecule has 1 atom stereocenters. The van der Waals surface area contributed by atoms with Gasteiger partial charge in [-0.05, 0) is 25.1 Å². The Bertz CT molecular complexity index is 977. The molecule has 1 aromatic heterocycles. The number of aromatic amines is 1. The first kappa shape index (κ1) is 18.0. The number of hydrogen-bond acceptors (Lipinski definition) is 5. The molecule has 0 aliphatic carbocycles. The third kappa shape index (κ3) is 3.55. The van der Waals surface area contributed by atoms with E-state index in [4.69, 9.17) is 4.74 Å². The Labute approximate surface area is 162 Å². The minimum absolute atomic E-state index is 0.180. The van der Waals surface area contributed by atoms with Gasteiger partial charge in [0, 0.05) is 37.3 Å². The predicted octanol–water partition coefficient (Wildman–Crippen LogP) is 2.46. The summed E-state index contributed by atoms with van der Waals surface area (Å²) in [5, 5.41) is 7.52. The first-order valence-electron chi connectivity index (χ1n) is 9.36. The summed E-state index contributed by atoms with van der Waals surface area (Å²) in [6.07, 6.45) is -0.855. The molecule has 4 rings (SSSR count). The molecule has 7 nitrogen and oxygen atoms in total. The lowest BCUT2D eigenvalue weighted by Gasteiger charge is -2.37. The predicted molar refractivity (Wildman–Crippen MR) is 106 cm³/mol. The summed E-state index contributed by atoms with van der Waals surface area (Å²) in [6, 6.07) is 17.4. The van der Waals surface area contributed by atoms with Crippen LogP contribution in [0.4, 0.5) is 5.69 Å². The lowest BCUT2D eigenvalue weighted by atomic mass is 10.2. The molecule has 3 aromatic rings. The van der Waals surface area contributed by atoms with E-state index < -0.39 is 12.1 Å². The van der Waals surface area contributed by atoms with E-state index in [9.17, 15) is 9.59 Å². The van der Waals surface area contributed by atoms with Crippen molar-refractivity contribution in [1.29, 1.82) is 0 Å². The second-order valence-corrected chi connectivity index (χ2v) is 6.81. The number of ether oxygens (including phenoxy) is 1. The number of anilines is 1. The third-order valence-corrected chi connectivity index (χ3v) is 5.01. The molecule has 2 heterocycles. The van der Waals surface area contributed by atoms with Gasteiger partial charge in [0.1, 0.15) is 0 Å². The van der Waals surface area contributed by atoms with Gasteiger partial charge in [-0.3, -0.25) is 9.89 Å². The molecule has 1 N–H and O–H groups in total. The van der Waals surface area contributed by atoms with Gasteiger partial charge < -0.3 is 14.5 Å². The van der Waals surface area contributed by atoms with E-state index in [1.165, 1.54) is 0 Å². The standard InChI is InChI=1S/C21H22N4O3/c1-15(28-21(27)19-17-9-5-6-10-18(17)22-23-19)20(26)25-13-11-24(12-14-25)16-7-3-2-4-8-16/h2-10,15H,11-14H2,1H3,(H,22,23). The zero-order valence-corrected chi connectivity index (χ0v) is 15.7. The molecule has 7 heteroatoms. The Balaban J connectivity index is 1.35. The van der Waals surface area contributed by atoms with Crippen LogP contribution >= 0.6 is 0 Å². The Morgan fingerprint density at radius 3 is 2.43 bits per heavy atom. The van der Waals surface area contributed by atoms with Crippen LogP contribution in [0.3, 0.4) is 0 Å². The maximum Gasteiger partial charge on any atom is 0.360 e. The molecule has 1 fully saturated rings. The summed E-state index contributed by atoms with van der Waals surface area (Å²) >= 11 is 0. The van der Waals surface area contributed by atoms with Crippen LogP contribution in [0.15, 0.2) is 54.6 Å². The Kier molecular flexibility index (Phi) is 4.97. The van der Waals surface area contributed by atoms with Gasteiger partial charge in [-0.1, -0.05) is 36.4 Å². The number of aromatic nitrogens is 2. The van der Waals surface area contributed by atoms with Crippen LogP contribution in [0.25, 0.3) is 10.9 Å². The highest BCUT2D eigenvalue weighted by Crippen LogP contribution is 2.18. The number of amides is 1. The van der Waals surface area contributed by atoms with E-state index in [1.54, 1.807) is 17.9 Å². The summed E-state index contributed by atoms with van der Waals surface area (Å²) in [5.74, 6) is -0.776. The number of nitrogens with one attached hydrogen (secondary N) is 1. The fraction of sp³-hybridized carbons (Fsp3) is 0.286. The number of benzene rings is 2. The molecule has 1 aliphatic heterocycles. The maximum atomic E-state index is 12.7. The Morgan fingerprint density at radius 2 is 1.68 bits per heavy atom. The summed E-state index contributed by atoms with van der Waals surface area (Å²) in [7, 11) is 0. The molecular weight excluding hydrogens is 356 g/mol. The lowest BCUT2D eigenvalue weighted by Crippen LogP contribution is -2.51. The third-order valence-electron chi connectivity index (χ3n) is 5.01. The number of carbonyl (C=O) groups excluding carboxylic acids is 2. The van der Waals surface area contributed by atoms with Crippen molar-refractivity contribution < 1.29 is 14.3 Å². The van der Waals surface area contributed by atoms with Gasteiger partial charge in [-0.15, -0.1) is 0 Å². The van der Waals surface area contributed by atoms with Crippen molar-refractivity contribution in [3.8, 4) is 0 Å². The zero-order valence-electron chi connectivity index (χ0n) is 15.7. The summed E-state index contributed by atoms with van der Waals surface area (Å²) in [5.41, 5.74) is 2.11. The number of para-hydroxylation sites is 2. The largest absolute Gasteiger partial charge is 0.448 e. The molecule has 1 unspecified atom stereocenters. The monoisotopic (exact) mass is 378 g/mol. The van der Waals surface area contributed by atoms with E-state index in [-0.39, 0.29) is 11.6 Å². The van der Waals surface area contributed by atoms with E-state index in [0.717, 1.165) is 24.3 Å². The van der Waals surface area contributed by atoms with Crippen LogP contribution in [0, 0.1) is 0 Å². The number of H-pyrrole nitrogens is 1. The summed E-state index contributed by atoms with van der Waals surface area (Å²) in [4.78, 5) is 29.2. The van der Waals surface area contributed by atoms with Crippen molar-refractivity contribution >= 4 is 28.5 Å². The average Bonchev–Trinajstić information content (AvgIpc) is 3.18. The number of carbonyl (C=O) groups is 2. The summed E-state index contributed by atoms with van der Waals surface area (Å²) in [6.45, 7) is 4.31. The molecule has 0 radical (unpaired) electrons. The van der Waals surface area contributed by atoms with Gasteiger partial charge >= 0.3 is 5.97 Å². The molecule has 144 valence electrons. The van der Waals surface area contributed by atoms with Crippen LogP contribution in [-0.2, 0) is 9.53 Å². The number of fused-ring (bicyclic) bond motifs is 1. The van der Waals surface area contributed by atoms with Crippen molar-refractivity contribution in [2.24, 2.45) is 0 Å².